The first-order valence-corrected chi connectivity index (χ1v) is 7.48. The van der Waals surface area contributed by atoms with Gasteiger partial charge in [0, 0.05) is 11.2 Å². The lowest BCUT2D eigenvalue weighted by Gasteiger charge is -2.29. The highest BCUT2D eigenvalue weighted by molar-refractivity contribution is 6.31. The summed E-state index contributed by atoms with van der Waals surface area (Å²) in [6.45, 7) is -0.300. The molecule has 1 aromatic carbocycles. The zero-order valence-corrected chi connectivity index (χ0v) is 13.5. The minimum absolute atomic E-state index is 0.127. The second-order valence-corrected chi connectivity index (χ2v) is 5.43. The average Bonchev–Trinajstić information content (AvgIpc) is 2.58. The fourth-order valence-corrected chi connectivity index (χ4v) is 2.50. The number of hydrogen-bond acceptors (Lipinski definition) is 5. The van der Waals surface area contributed by atoms with Gasteiger partial charge in [-0.05, 0) is 30.3 Å². The van der Waals surface area contributed by atoms with Gasteiger partial charge in [-0.25, -0.2) is 4.98 Å². The monoisotopic (exact) mass is 347 g/mol. The molecule has 3 rings (SSSR count). The number of carbonyl (C=O) groups excluding carboxylic acids is 2. The molecule has 124 valence electrons. The Hall–Kier alpha value is -2.80. The molecule has 7 nitrogen and oxygen atoms in total. The van der Waals surface area contributed by atoms with Crippen LogP contribution >= 0.6 is 11.6 Å². The lowest BCUT2D eigenvalue weighted by molar-refractivity contribution is -0.123. The molecule has 0 aliphatic carbocycles. The molecule has 2 aromatic rings. The van der Waals surface area contributed by atoms with Gasteiger partial charge in [-0.3, -0.25) is 14.5 Å². The lowest BCUT2D eigenvalue weighted by atomic mass is 10.2. The Morgan fingerprint density at radius 2 is 2.29 bits per heavy atom. The summed E-state index contributed by atoms with van der Waals surface area (Å²) in [6.07, 6.45) is 1.55. The number of ether oxygens (including phenoxy) is 2. The van der Waals surface area contributed by atoms with E-state index in [1.807, 2.05) is 0 Å². The summed E-state index contributed by atoms with van der Waals surface area (Å²) < 4.78 is 10.4. The van der Waals surface area contributed by atoms with E-state index in [4.69, 9.17) is 21.1 Å². The molecule has 1 aliphatic rings. The van der Waals surface area contributed by atoms with Crippen LogP contribution in [-0.4, -0.2) is 37.1 Å². The third-order valence-electron chi connectivity index (χ3n) is 3.40. The van der Waals surface area contributed by atoms with Crippen LogP contribution in [0.2, 0.25) is 5.02 Å². The molecule has 0 saturated heterocycles. The van der Waals surface area contributed by atoms with E-state index in [-0.39, 0.29) is 25.0 Å². The number of nitrogens with one attached hydrogen (secondary N) is 1. The second-order valence-electron chi connectivity index (χ2n) is 4.99. The van der Waals surface area contributed by atoms with Crippen LogP contribution in [0.15, 0.2) is 36.5 Å². The Morgan fingerprint density at radius 1 is 1.46 bits per heavy atom. The quantitative estimate of drug-likeness (QED) is 0.916. The molecular formula is C16H14ClN3O4. The van der Waals surface area contributed by atoms with Crippen molar-refractivity contribution in [3.63, 3.8) is 0 Å². The number of carbonyl (C=O) groups is 2. The summed E-state index contributed by atoms with van der Waals surface area (Å²) in [7, 11) is 1.46. The molecule has 0 unspecified atom stereocenters. The number of amides is 2. The predicted octanol–water partition coefficient (Wildman–Crippen LogP) is 2.11. The molecule has 0 fully saturated rings. The first kappa shape index (κ1) is 16.1. The van der Waals surface area contributed by atoms with E-state index in [1.54, 1.807) is 36.5 Å². The van der Waals surface area contributed by atoms with Gasteiger partial charge in [-0.15, -0.1) is 0 Å². The smallest absolute Gasteiger partial charge is 0.265 e. The van der Waals surface area contributed by atoms with Gasteiger partial charge >= 0.3 is 0 Å². The van der Waals surface area contributed by atoms with Gasteiger partial charge in [0.15, 0.2) is 6.61 Å². The molecule has 24 heavy (non-hydrogen) atoms. The Balaban J connectivity index is 1.79. The van der Waals surface area contributed by atoms with Crippen LogP contribution in [0.5, 0.6) is 11.6 Å². The fourth-order valence-electron chi connectivity index (χ4n) is 2.33. The number of hydrogen-bond donors (Lipinski definition) is 1. The van der Waals surface area contributed by atoms with Crippen LogP contribution in [-0.2, 0) is 9.59 Å². The minimum atomic E-state index is -0.387. The van der Waals surface area contributed by atoms with E-state index < -0.39 is 0 Å². The normalized spacial score (nSPS) is 13.1. The van der Waals surface area contributed by atoms with E-state index in [1.165, 1.54) is 12.0 Å². The van der Waals surface area contributed by atoms with Gasteiger partial charge < -0.3 is 14.8 Å². The number of nitrogens with zero attached hydrogens (tertiary/aromatic N) is 2. The summed E-state index contributed by atoms with van der Waals surface area (Å²) >= 11 is 5.98. The van der Waals surface area contributed by atoms with Crippen molar-refractivity contribution in [2.75, 3.05) is 30.5 Å². The van der Waals surface area contributed by atoms with Crippen molar-refractivity contribution >= 4 is 34.8 Å². The molecule has 1 aromatic heterocycles. The van der Waals surface area contributed by atoms with Crippen molar-refractivity contribution in [1.29, 1.82) is 0 Å². The number of halogens is 1. The highest BCUT2D eigenvalue weighted by Crippen LogP contribution is 2.34. The fraction of sp³-hybridized carbons (Fsp3) is 0.188. The standard InChI is InChI=1S/C16H14ClN3O4/c1-23-16-11(3-2-6-18-16)19-14(21)8-20-12-7-10(17)4-5-13(12)24-9-15(20)22/h2-7H,8-9H2,1H3,(H,19,21). The zero-order valence-electron chi connectivity index (χ0n) is 12.8. The van der Waals surface area contributed by atoms with Crippen molar-refractivity contribution in [3.05, 3.63) is 41.6 Å². The minimum Gasteiger partial charge on any atom is -0.482 e. The first-order chi connectivity index (χ1) is 11.6. The Kier molecular flexibility index (Phi) is 4.52. The predicted molar refractivity (Wildman–Crippen MR) is 88.7 cm³/mol. The van der Waals surface area contributed by atoms with Gasteiger partial charge in [0.25, 0.3) is 5.91 Å². The number of anilines is 2. The largest absolute Gasteiger partial charge is 0.482 e. The van der Waals surface area contributed by atoms with Gasteiger partial charge in [0.2, 0.25) is 11.8 Å². The number of fused-ring (bicyclic) bond motifs is 1. The Bertz CT molecular complexity index is 797. The number of benzene rings is 1. The van der Waals surface area contributed by atoms with E-state index >= 15 is 0 Å². The van der Waals surface area contributed by atoms with Gasteiger partial charge in [-0.2, -0.15) is 0 Å². The number of aromatic nitrogens is 1. The summed E-state index contributed by atoms with van der Waals surface area (Å²) in [5.74, 6) is 0.0916. The van der Waals surface area contributed by atoms with Crippen LogP contribution in [0.1, 0.15) is 0 Å². The number of rotatable bonds is 4. The highest BCUT2D eigenvalue weighted by Gasteiger charge is 2.27. The molecule has 0 saturated carbocycles. The van der Waals surface area contributed by atoms with E-state index in [9.17, 15) is 9.59 Å². The number of pyridine rings is 1. The third-order valence-corrected chi connectivity index (χ3v) is 3.64. The maximum absolute atomic E-state index is 12.3. The van der Waals surface area contributed by atoms with Gasteiger partial charge in [0.1, 0.15) is 18.0 Å². The molecule has 0 spiro atoms. The maximum atomic E-state index is 12.3. The molecule has 1 aliphatic heterocycles. The molecule has 0 radical (unpaired) electrons. The summed E-state index contributed by atoms with van der Waals surface area (Å²) in [4.78, 5) is 29.8. The first-order valence-electron chi connectivity index (χ1n) is 7.10. The van der Waals surface area contributed by atoms with Crippen molar-refractivity contribution in [3.8, 4) is 11.6 Å². The molecule has 0 bridgehead atoms. The van der Waals surface area contributed by atoms with Crippen molar-refractivity contribution in [1.82, 2.24) is 4.98 Å². The van der Waals surface area contributed by atoms with Gasteiger partial charge in [-0.1, -0.05) is 11.6 Å². The molecule has 2 amide bonds. The van der Waals surface area contributed by atoms with Crippen molar-refractivity contribution in [2.45, 2.75) is 0 Å². The Morgan fingerprint density at radius 3 is 3.08 bits per heavy atom. The third kappa shape index (κ3) is 3.26. The molecule has 1 N–H and O–H groups in total. The SMILES string of the molecule is COc1ncccc1NC(=O)CN1C(=O)COc2ccc(Cl)cc21. The van der Waals surface area contributed by atoms with Crippen LogP contribution < -0.4 is 19.7 Å². The number of methoxy groups -OCH3 is 1. The van der Waals surface area contributed by atoms with Crippen LogP contribution in [0.3, 0.4) is 0 Å². The van der Waals surface area contributed by atoms with Crippen molar-refractivity contribution in [2.24, 2.45) is 0 Å². The maximum Gasteiger partial charge on any atom is 0.265 e. The van der Waals surface area contributed by atoms with Crippen LogP contribution in [0.25, 0.3) is 0 Å². The van der Waals surface area contributed by atoms with E-state index in [0.717, 1.165) is 0 Å². The summed E-state index contributed by atoms with van der Waals surface area (Å²) in [5, 5.41) is 3.13. The van der Waals surface area contributed by atoms with Crippen LogP contribution in [0.4, 0.5) is 11.4 Å². The van der Waals surface area contributed by atoms with Crippen molar-refractivity contribution < 1.29 is 19.1 Å². The van der Waals surface area contributed by atoms with Gasteiger partial charge in [0.05, 0.1) is 12.8 Å². The average molecular weight is 348 g/mol. The zero-order chi connectivity index (χ0) is 17.1. The molecule has 8 heteroatoms. The summed E-state index contributed by atoms with van der Waals surface area (Å²) in [6, 6.07) is 8.25. The van der Waals surface area contributed by atoms with Crippen LogP contribution in [0, 0.1) is 0 Å². The second kappa shape index (κ2) is 6.76. The Labute approximate surface area is 143 Å². The highest BCUT2D eigenvalue weighted by atomic mass is 35.5. The molecular weight excluding hydrogens is 334 g/mol. The molecule has 2 heterocycles. The van der Waals surface area contributed by atoms with E-state index in [0.29, 0.717) is 28.0 Å². The summed E-state index contributed by atoms with van der Waals surface area (Å²) in [5.41, 5.74) is 0.893. The lowest BCUT2D eigenvalue weighted by Crippen LogP contribution is -2.43. The van der Waals surface area contributed by atoms with E-state index in [2.05, 4.69) is 10.3 Å². The topological polar surface area (TPSA) is 80.8 Å². The molecule has 0 atom stereocenters.